The lowest BCUT2D eigenvalue weighted by Gasteiger charge is -2.26. The Morgan fingerprint density at radius 2 is 1.69 bits per heavy atom. The van der Waals surface area contributed by atoms with Crippen LogP contribution < -0.4 is 20.1 Å². The summed E-state index contributed by atoms with van der Waals surface area (Å²) >= 11 is 5.86. The first-order chi connectivity index (χ1) is 12.2. The Morgan fingerprint density at radius 3 is 2.27 bits per heavy atom. The van der Waals surface area contributed by atoms with Gasteiger partial charge in [-0.05, 0) is 56.3 Å². The zero-order valence-corrected chi connectivity index (χ0v) is 15.8. The minimum atomic E-state index is -1.15. The maximum atomic E-state index is 12.7. The molecule has 0 aliphatic carbocycles. The molecule has 0 atom stereocenters. The first kappa shape index (κ1) is 19.6. The molecule has 0 spiro atoms. The summed E-state index contributed by atoms with van der Waals surface area (Å²) in [7, 11) is 1.50. The fraction of sp³-hybridized carbons (Fsp3) is 0.263. The largest absolute Gasteiger partial charge is 0.495 e. The van der Waals surface area contributed by atoms with E-state index in [-0.39, 0.29) is 11.8 Å². The van der Waals surface area contributed by atoms with Gasteiger partial charge in [-0.2, -0.15) is 0 Å². The highest BCUT2D eigenvalue weighted by molar-refractivity contribution is 6.30. The van der Waals surface area contributed by atoms with Gasteiger partial charge >= 0.3 is 0 Å². The third kappa shape index (κ3) is 5.13. The third-order valence-corrected chi connectivity index (χ3v) is 3.75. The molecule has 0 bridgehead atoms. The Labute approximate surface area is 157 Å². The number of halogens is 1. The summed E-state index contributed by atoms with van der Waals surface area (Å²) in [6.07, 6.45) is 0. The van der Waals surface area contributed by atoms with Gasteiger partial charge in [-0.1, -0.05) is 11.6 Å². The van der Waals surface area contributed by atoms with Gasteiger partial charge in [0.15, 0.2) is 5.60 Å². The molecule has 2 aromatic rings. The number of benzene rings is 2. The van der Waals surface area contributed by atoms with Gasteiger partial charge in [-0.3, -0.25) is 9.59 Å². The second-order valence-corrected chi connectivity index (χ2v) is 6.55. The first-order valence-electron chi connectivity index (χ1n) is 7.93. The van der Waals surface area contributed by atoms with Crippen molar-refractivity contribution in [1.82, 2.24) is 0 Å². The Bertz CT molecular complexity index is 804. The van der Waals surface area contributed by atoms with Crippen molar-refractivity contribution >= 4 is 34.8 Å². The summed E-state index contributed by atoms with van der Waals surface area (Å²) in [4.78, 5) is 23.9. The van der Waals surface area contributed by atoms with Crippen LogP contribution in [0.5, 0.6) is 11.5 Å². The normalized spacial score (nSPS) is 10.8. The average molecular weight is 377 g/mol. The fourth-order valence-corrected chi connectivity index (χ4v) is 2.33. The molecule has 0 heterocycles. The molecule has 0 aromatic heterocycles. The van der Waals surface area contributed by atoms with E-state index in [9.17, 15) is 9.59 Å². The van der Waals surface area contributed by atoms with Crippen LogP contribution in [-0.2, 0) is 9.59 Å². The molecule has 0 saturated carbocycles. The van der Waals surface area contributed by atoms with E-state index >= 15 is 0 Å². The van der Waals surface area contributed by atoms with E-state index in [0.717, 1.165) is 0 Å². The number of carbonyl (C=O) groups excluding carboxylic acids is 2. The van der Waals surface area contributed by atoms with Crippen molar-refractivity contribution in [3.63, 3.8) is 0 Å². The van der Waals surface area contributed by atoms with E-state index in [1.54, 1.807) is 56.3 Å². The Balaban J connectivity index is 2.18. The van der Waals surface area contributed by atoms with Gasteiger partial charge in [0.2, 0.25) is 5.91 Å². The average Bonchev–Trinajstić information content (AvgIpc) is 2.56. The predicted molar refractivity (Wildman–Crippen MR) is 102 cm³/mol. The second-order valence-electron chi connectivity index (χ2n) is 6.12. The van der Waals surface area contributed by atoms with Crippen LogP contribution in [-0.4, -0.2) is 24.5 Å². The summed E-state index contributed by atoms with van der Waals surface area (Å²) in [6, 6.07) is 11.7. The van der Waals surface area contributed by atoms with Gasteiger partial charge in [0.1, 0.15) is 11.5 Å². The van der Waals surface area contributed by atoms with Crippen LogP contribution in [0, 0.1) is 0 Å². The number of methoxy groups -OCH3 is 1. The molecular weight excluding hydrogens is 356 g/mol. The lowest BCUT2D eigenvalue weighted by Crippen LogP contribution is -2.42. The molecular formula is C19H21ClN2O4. The quantitative estimate of drug-likeness (QED) is 0.795. The minimum absolute atomic E-state index is 0.209. The number of hydrogen-bond acceptors (Lipinski definition) is 4. The van der Waals surface area contributed by atoms with Crippen molar-refractivity contribution in [2.24, 2.45) is 0 Å². The van der Waals surface area contributed by atoms with E-state index in [1.807, 2.05) is 0 Å². The van der Waals surface area contributed by atoms with E-state index in [1.165, 1.54) is 14.0 Å². The van der Waals surface area contributed by atoms with E-state index in [0.29, 0.717) is 27.9 Å². The number of ether oxygens (including phenoxy) is 2. The molecule has 2 amide bonds. The minimum Gasteiger partial charge on any atom is -0.495 e. The van der Waals surface area contributed by atoms with Gasteiger partial charge in [-0.15, -0.1) is 0 Å². The highest BCUT2D eigenvalue weighted by Crippen LogP contribution is 2.29. The highest BCUT2D eigenvalue weighted by Gasteiger charge is 2.30. The number of anilines is 2. The van der Waals surface area contributed by atoms with Crippen LogP contribution >= 0.6 is 11.6 Å². The fourth-order valence-electron chi connectivity index (χ4n) is 2.20. The summed E-state index contributed by atoms with van der Waals surface area (Å²) < 4.78 is 11.0. The number of amides is 2. The second kappa shape index (κ2) is 8.10. The molecule has 138 valence electrons. The number of rotatable bonds is 6. The van der Waals surface area contributed by atoms with Crippen molar-refractivity contribution in [3.8, 4) is 11.5 Å². The van der Waals surface area contributed by atoms with Crippen molar-refractivity contribution in [2.45, 2.75) is 26.4 Å². The zero-order valence-electron chi connectivity index (χ0n) is 15.1. The lowest BCUT2D eigenvalue weighted by molar-refractivity contribution is -0.128. The standard InChI is InChI=1S/C19H21ClN2O4/c1-12(23)21-14-7-10-17(25-4)16(11-14)22-18(24)19(2,3)26-15-8-5-13(20)6-9-15/h5-11H,1-4H3,(H,21,23)(H,22,24). The van der Waals surface area contributed by atoms with Crippen molar-refractivity contribution in [3.05, 3.63) is 47.5 Å². The van der Waals surface area contributed by atoms with Crippen LogP contribution in [0.1, 0.15) is 20.8 Å². The van der Waals surface area contributed by atoms with Crippen LogP contribution in [0.25, 0.3) is 0 Å². The first-order valence-corrected chi connectivity index (χ1v) is 8.31. The van der Waals surface area contributed by atoms with E-state index < -0.39 is 5.60 Å². The van der Waals surface area contributed by atoms with Crippen molar-refractivity contribution in [2.75, 3.05) is 17.7 Å². The maximum Gasteiger partial charge on any atom is 0.268 e. The SMILES string of the molecule is COc1ccc(NC(C)=O)cc1NC(=O)C(C)(C)Oc1ccc(Cl)cc1. The van der Waals surface area contributed by atoms with Crippen LogP contribution in [0.4, 0.5) is 11.4 Å². The van der Waals surface area contributed by atoms with E-state index in [2.05, 4.69) is 10.6 Å². The topological polar surface area (TPSA) is 76.7 Å². The molecule has 0 aliphatic rings. The predicted octanol–water partition coefficient (Wildman–Crippen LogP) is 4.10. The number of carbonyl (C=O) groups is 2. The molecule has 26 heavy (non-hydrogen) atoms. The monoisotopic (exact) mass is 376 g/mol. The molecule has 0 aliphatic heterocycles. The van der Waals surface area contributed by atoms with Gasteiger partial charge < -0.3 is 20.1 Å². The molecule has 0 unspecified atom stereocenters. The molecule has 7 heteroatoms. The molecule has 2 aromatic carbocycles. The molecule has 0 fully saturated rings. The van der Waals surface area contributed by atoms with Gasteiger partial charge in [0.25, 0.3) is 5.91 Å². The van der Waals surface area contributed by atoms with Gasteiger partial charge in [0.05, 0.1) is 12.8 Å². The molecule has 0 radical (unpaired) electrons. The molecule has 6 nitrogen and oxygen atoms in total. The van der Waals surface area contributed by atoms with Gasteiger partial charge in [0, 0.05) is 17.6 Å². The van der Waals surface area contributed by atoms with E-state index in [4.69, 9.17) is 21.1 Å². The molecule has 2 N–H and O–H groups in total. The van der Waals surface area contributed by atoms with Crippen LogP contribution in [0.15, 0.2) is 42.5 Å². The Morgan fingerprint density at radius 1 is 1.04 bits per heavy atom. The summed E-state index contributed by atoms with van der Waals surface area (Å²) in [5.41, 5.74) is -0.176. The summed E-state index contributed by atoms with van der Waals surface area (Å²) in [5.74, 6) is 0.410. The summed E-state index contributed by atoms with van der Waals surface area (Å²) in [5, 5.41) is 6.03. The van der Waals surface area contributed by atoms with Gasteiger partial charge in [-0.25, -0.2) is 0 Å². The Kier molecular flexibility index (Phi) is 6.10. The lowest BCUT2D eigenvalue weighted by atomic mass is 10.1. The third-order valence-electron chi connectivity index (χ3n) is 3.50. The highest BCUT2D eigenvalue weighted by atomic mass is 35.5. The van der Waals surface area contributed by atoms with Crippen molar-refractivity contribution in [1.29, 1.82) is 0 Å². The zero-order chi connectivity index (χ0) is 19.3. The Hall–Kier alpha value is -2.73. The summed E-state index contributed by atoms with van der Waals surface area (Å²) in [6.45, 7) is 4.72. The van der Waals surface area contributed by atoms with Crippen LogP contribution in [0.2, 0.25) is 5.02 Å². The molecule has 0 saturated heterocycles. The van der Waals surface area contributed by atoms with Crippen molar-refractivity contribution < 1.29 is 19.1 Å². The number of nitrogens with one attached hydrogen (secondary N) is 2. The number of hydrogen-bond donors (Lipinski definition) is 2. The smallest absolute Gasteiger partial charge is 0.268 e. The maximum absolute atomic E-state index is 12.7. The molecule has 2 rings (SSSR count). The van der Waals surface area contributed by atoms with Crippen LogP contribution in [0.3, 0.4) is 0 Å².